The van der Waals surface area contributed by atoms with Gasteiger partial charge in [-0.25, -0.2) is 8.42 Å². The molecule has 0 bridgehead atoms. The monoisotopic (exact) mass is 219 g/mol. The summed E-state index contributed by atoms with van der Waals surface area (Å²) in [6, 6.07) is 0.252. The molecule has 0 aromatic rings. The van der Waals surface area contributed by atoms with Crippen LogP contribution >= 0.6 is 0 Å². The lowest BCUT2D eigenvalue weighted by Crippen LogP contribution is -2.31. The molecule has 0 rings (SSSR count). The van der Waals surface area contributed by atoms with Crippen LogP contribution in [0.15, 0.2) is 12.7 Å². The lowest BCUT2D eigenvalue weighted by molar-refractivity contribution is 0.498. The van der Waals surface area contributed by atoms with Gasteiger partial charge in [0.05, 0.1) is 5.75 Å². The van der Waals surface area contributed by atoms with E-state index < -0.39 is 9.84 Å². The van der Waals surface area contributed by atoms with Gasteiger partial charge in [0, 0.05) is 12.3 Å². The highest BCUT2D eigenvalue weighted by atomic mass is 32.2. The van der Waals surface area contributed by atoms with Crippen molar-refractivity contribution in [2.24, 2.45) is 0 Å². The van der Waals surface area contributed by atoms with Crippen molar-refractivity contribution < 1.29 is 8.42 Å². The molecule has 0 amide bonds. The van der Waals surface area contributed by atoms with Gasteiger partial charge in [-0.3, -0.25) is 0 Å². The van der Waals surface area contributed by atoms with Gasteiger partial charge >= 0.3 is 0 Å². The third-order valence-electron chi connectivity index (χ3n) is 1.97. The van der Waals surface area contributed by atoms with Gasteiger partial charge in [0.1, 0.15) is 9.84 Å². The van der Waals surface area contributed by atoms with E-state index in [4.69, 9.17) is 0 Å². The summed E-state index contributed by atoms with van der Waals surface area (Å²) in [5.74, 6) is 0.252. The van der Waals surface area contributed by atoms with Gasteiger partial charge in [0.25, 0.3) is 0 Å². The minimum atomic E-state index is -2.84. The quantitative estimate of drug-likeness (QED) is 0.627. The summed E-state index contributed by atoms with van der Waals surface area (Å²) in [6.45, 7) is 6.69. The van der Waals surface area contributed by atoms with Crippen LogP contribution in [-0.2, 0) is 9.84 Å². The average Bonchev–Trinajstić information content (AvgIpc) is 2.08. The van der Waals surface area contributed by atoms with Gasteiger partial charge in [0.2, 0.25) is 0 Å². The van der Waals surface area contributed by atoms with Gasteiger partial charge in [-0.1, -0.05) is 13.0 Å². The maximum absolute atomic E-state index is 11.0. The molecule has 4 heteroatoms. The van der Waals surface area contributed by atoms with E-state index in [0.717, 1.165) is 19.4 Å². The standard InChI is InChI=1S/C10H21NO2S/c1-4-6-10(11-8-5-2)7-9-14(3,12)13/h4,10-11H,1,5-9H2,2-3H3. The van der Waals surface area contributed by atoms with Crippen LogP contribution in [0.5, 0.6) is 0 Å². The average molecular weight is 219 g/mol. The largest absolute Gasteiger partial charge is 0.314 e. The molecule has 0 fully saturated rings. The Morgan fingerprint density at radius 1 is 1.50 bits per heavy atom. The number of rotatable bonds is 8. The predicted octanol–water partition coefficient (Wildman–Crippen LogP) is 1.37. The third-order valence-corrected chi connectivity index (χ3v) is 2.95. The van der Waals surface area contributed by atoms with Crippen LogP contribution in [0.1, 0.15) is 26.2 Å². The zero-order chi connectivity index (χ0) is 11.0. The second kappa shape index (κ2) is 7.01. The molecule has 84 valence electrons. The summed E-state index contributed by atoms with van der Waals surface area (Å²) < 4.78 is 21.9. The van der Waals surface area contributed by atoms with Crippen molar-refractivity contribution in [3.8, 4) is 0 Å². The van der Waals surface area contributed by atoms with Crippen molar-refractivity contribution >= 4 is 9.84 Å². The summed E-state index contributed by atoms with van der Waals surface area (Å²) in [4.78, 5) is 0. The summed E-state index contributed by atoms with van der Waals surface area (Å²) in [5.41, 5.74) is 0. The molecule has 1 atom stereocenters. The molecule has 3 nitrogen and oxygen atoms in total. The van der Waals surface area contributed by atoms with Crippen molar-refractivity contribution in [1.29, 1.82) is 0 Å². The molecular weight excluding hydrogens is 198 g/mol. The molecule has 0 spiro atoms. The first kappa shape index (κ1) is 13.7. The number of sulfone groups is 1. The zero-order valence-electron chi connectivity index (χ0n) is 9.12. The van der Waals surface area contributed by atoms with Crippen LogP contribution in [0, 0.1) is 0 Å². The minimum absolute atomic E-state index is 0.252. The SMILES string of the molecule is C=CCC(CCS(C)(=O)=O)NCCC. The van der Waals surface area contributed by atoms with Gasteiger partial charge in [0.15, 0.2) is 0 Å². The fourth-order valence-electron chi connectivity index (χ4n) is 1.21. The fourth-order valence-corrected chi connectivity index (χ4v) is 1.92. The van der Waals surface area contributed by atoms with E-state index in [9.17, 15) is 8.42 Å². The van der Waals surface area contributed by atoms with E-state index in [1.807, 2.05) is 6.08 Å². The van der Waals surface area contributed by atoms with Crippen LogP contribution in [0.2, 0.25) is 0 Å². The highest BCUT2D eigenvalue weighted by molar-refractivity contribution is 7.90. The van der Waals surface area contributed by atoms with Crippen molar-refractivity contribution in [1.82, 2.24) is 5.32 Å². The summed E-state index contributed by atoms with van der Waals surface area (Å²) in [7, 11) is -2.84. The second-order valence-corrected chi connectivity index (χ2v) is 5.85. The Morgan fingerprint density at radius 3 is 2.57 bits per heavy atom. The Labute approximate surface area is 87.5 Å². The van der Waals surface area contributed by atoms with E-state index in [1.54, 1.807) is 0 Å². The number of hydrogen-bond donors (Lipinski definition) is 1. The van der Waals surface area contributed by atoms with Crippen LogP contribution in [0.25, 0.3) is 0 Å². The molecule has 0 saturated carbocycles. The van der Waals surface area contributed by atoms with Gasteiger partial charge in [-0.15, -0.1) is 6.58 Å². The van der Waals surface area contributed by atoms with Crippen molar-refractivity contribution in [2.75, 3.05) is 18.6 Å². The molecule has 14 heavy (non-hydrogen) atoms. The maximum Gasteiger partial charge on any atom is 0.147 e. The molecule has 0 saturated heterocycles. The normalized spacial score (nSPS) is 13.9. The molecule has 1 unspecified atom stereocenters. The first-order valence-corrected chi connectivity index (χ1v) is 7.07. The highest BCUT2D eigenvalue weighted by Gasteiger charge is 2.09. The summed E-state index contributed by atoms with van der Waals surface area (Å²) in [5, 5.41) is 3.31. The molecule has 0 aliphatic carbocycles. The first-order chi connectivity index (χ1) is 6.49. The molecule has 0 aliphatic rings. The predicted molar refractivity (Wildman–Crippen MR) is 61.2 cm³/mol. The molecule has 0 heterocycles. The molecule has 0 aromatic heterocycles. The Morgan fingerprint density at radius 2 is 2.14 bits per heavy atom. The van der Waals surface area contributed by atoms with E-state index in [2.05, 4.69) is 18.8 Å². The Kier molecular flexibility index (Phi) is 6.83. The third kappa shape index (κ3) is 8.26. The van der Waals surface area contributed by atoms with E-state index in [1.165, 1.54) is 6.26 Å². The van der Waals surface area contributed by atoms with Crippen molar-refractivity contribution in [3.63, 3.8) is 0 Å². The van der Waals surface area contributed by atoms with Crippen molar-refractivity contribution in [2.45, 2.75) is 32.2 Å². The smallest absolute Gasteiger partial charge is 0.147 e. The number of hydrogen-bond acceptors (Lipinski definition) is 3. The first-order valence-electron chi connectivity index (χ1n) is 5.01. The van der Waals surface area contributed by atoms with E-state index in [0.29, 0.717) is 6.42 Å². The second-order valence-electron chi connectivity index (χ2n) is 3.59. The topological polar surface area (TPSA) is 46.2 Å². The molecule has 0 aromatic carbocycles. The van der Waals surface area contributed by atoms with Crippen LogP contribution in [-0.4, -0.2) is 33.0 Å². The van der Waals surface area contributed by atoms with Crippen LogP contribution in [0.3, 0.4) is 0 Å². The van der Waals surface area contributed by atoms with Gasteiger partial charge in [-0.2, -0.15) is 0 Å². The number of nitrogens with one attached hydrogen (secondary N) is 1. The van der Waals surface area contributed by atoms with Gasteiger partial charge in [-0.05, 0) is 25.8 Å². The fraction of sp³-hybridized carbons (Fsp3) is 0.800. The van der Waals surface area contributed by atoms with Gasteiger partial charge < -0.3 is 5.32 Å². The maximum atomic E-state index is 11.0. The Bertz CT molecular complexity index is 247. The Balaban J connectivity index is 3.89. The summed E-state index contributed by atoms with van der Waals surface area (Å²) in [6.07, 6.45) is 5.67. The van der Waals surface area contributed by atoms with Crippen LogP contribution in [0.4, 0.5) is 0 Å². The lowest BCUT2D eigenvalue weighted by Gasteiger charge is -2.15. The van der Waals surface area contributed by atoms with E-state index >= 15 is 0 Å². The highest BCUT2D eigenvalue weighted by Crippen LogP contribution is 2.01. The van der Waals surface area contributed by atoms with Crippen molar-refractivity contribution in [3.05, 3.63) is 12.7 Å². The zero-order valence-corrected chi connectivity index (χ0v) is 9.94. The lowest BCUT2D eigenvalue weighted by atomic mass is 10.1. The Hall–Kier alpha value is -0.350. The molecular formula is C10H21NO2S. The summed E-state index contributed by atoms with van der Waals surface area (Å²) >= 11 is 0. The molecule has 1 N–H and O–H groups in total. The molecule has 0 aliphatic heterocycles. The molecule has 0 radical (unpaired) electrons. The minimum Gasteiger partial charge on any atom is -0.314 e. The van der Waals surface area contributed by atoms with Crippen LogP contribution < -0.4 is 5.32 Å². The van der Waals surface area contributed by atoms with E-state index in [-0.39, 0.29) is 11.8 Å².